The number of hydrogen-bond acceptors (Lipinski definition) is 3. The third-order valence-electron chi connectivity index (χ3n) is 3.52. The zero-order chi connectivity index (χ0) is 14.4. The SMILES string of the molecule is NCCCOC1CCN(C(=O)c2ccc(Cl)cc2)CC1. The van der Waals surface area contributed by atoms with Crippen molar-refractivity contribution in [2.24, 2.45) is 5.73 Å². The van der Waals surface area contributed by atoms with Crippen LogP contribution in [0.1, 0.15) is 29.6 Å². The van der Waals surface area contributed by atoms with Gasteiger partial charge in [0.2, 0.25) is 0 Å². The number of halogens is 1. The van der Waals surface area contributed by atoms with Gasteiger partial charge in [0, 0.05) is 30.3 Å². The lowest BCUT2D eigenvalue weighted by Crippen LogP contribution is -2.41. The second-order valence-electron chi connectivity index (χ2n) is 5.01. The van der Waals surface area contributed by atoms with E-state index in [0.717, 1.165) is 32.4 Å². The molecule has 5 heteroatoms. The molecule has 1 aromatic rings. The Labute approximate surface area is 124 Å². The average molecular weight is 297 g/mol. The summed E-state index contributed by atoms with van der Waals surface area (Å²) >= 11 is 5.83. The number of nitrogens with zero attached hydrogens (tertiary/aromatic N) is 1. The van der Waals surface area contributed by atoms with Crippen LogP contribution in [0.3, 0.4) is 0 Å². The molecule has 110 valence electrons. The number of likely N-dealkylation sites (tertiary alicyclic amines) is 1. The van der Waals surface area contributed by atoms with Gasteiger partial charge in [0.1, 0.15) is 0 Å². The summed E-state index contributed by atoms with van der Waals surface area (Å²) in [5.74, 6) is 0.0714. The third-order valence-corrected chi connectivity index (χ3v) is 3.77. The zero-order valence-corrected chi connectivity index (χ0v) is 12.3. The Kier molecular flexibility index (Phi) is 5.83. The van der Waals surface area contributed by atoms with Gasteiger partial charge in [-0.05, 0) is 50.1 Å². The van der Waals surface area contributed by atoms with Gasteiger partial charge in [0.15, 0.2) is 0 Å². The fraction of sp³-hybridized carbons (Fsp3) is 0.533. The fourth-order valence-corrected chi connectivity index (χ4v) is 2.46. The van der Waals surface area contributed by atoms with E-state index < -0.39 is 0 Å². The van der Waals surface area contributed by atoms with E-state index in [2.05, 4.69) is 0 Å². The van der Waals surface area contributed by atoms with Crippen molar-refractivity contribution in [1.29, 1.82) is 0 Å². The number of rotatable bonds is 5. The zero-order valence-electron chi connectivity index (χ0n) is 11.6. The molecule has 1 heterocycles. The van der Waals surface area contributed by atoms with Gasteiger partial charge < -0.3 is 15.4 Å². The summed E-state index contributed by atoms with van der Waals surface area (Å²) < 4.78 is 5.74. The summed E-state index contributed by atoms with van der Waals surface area (Å²) in [6, 6.07) is 7.04. The Morgan fingerprint density at radius 3 is 2.55 bits per heavy atom. The summed E-state index contributed by atoms with van der Waals surface area (Å²) in [5.41, 5.74) is 6.13. The molecule has 1 amide bonds. The van der Waals surface area contributed by atoms with Gasteiger partial charge >= 0.3 is 0 Å². The number of nitrogens with two attached hydrogens (primary N) is 1. The molecule has 0 bridgehead atoms. The smallest absolute Gasteiger partial charge is 0.253 e. The van der Waals surface area contributed by atoms with Crippen molar-refractivity contribution in [1.82, 2.24) is 4.90 Å². The monoisotopic (exact) mass is 296 g/mol. The first kappa shape index (κ1) is 15.3. The molecule has 0 saturated carbocycles. The van der Waals surface area contributed by atoms with Gasteiger partial charge in [-0.2, -0.15) is 0 Å². The van der Waals surface area contributed by atoms with Crippen molar-refractivity contribution < 1.29 is 9.53 Å². The van der Waals surface area contributed by atoms with Gasteiger partial charge in [0.25, 0.3) is 5.91 Å². The maximum absolute atomic E-state index is 12.3. The minimum absolute atomic E-state index is 0.0714. The maximum atomic E-state index is 12.3. The summed E-state index contributed by atoms with van der Waals surface area (Å²) in [6.45, 7) is 2.86. The first-order valence-corrected chi connectivity index (χ1v) is 7.45. The summed E-state index contributed by atoms with van der Waals surface area (Å²) in [6.07, 6.45) is 2.94. The van der Waals surface area contributed by atoms with Crippen molar-refractivity contribution in [2.75, 3.05) is 26.2 Å². The Balaban J connectivity index is 1.81. The summed E-state index contributed by atoms with van der Waals surface area (Å²) in [4.78, 5) is 14.2. The highest BCUT2D eigenvalue weighted by Gasteiger charge is 2.23. The van der Waals surface area contributed by atoms with E-state index in [1.165, 1.54) is 0 Å². The summed E-state index contributed by atoms with van der Waals surface area (Å²) in [5, 5.41) is 0.647. The van der Waals surface area contributed by atoms with Crippen LogP contribution in [0.2, 0.25) is 5.02 Å². The first-order valence-electron chi connectivity index (χ1n) is 7.07. The largest absolute Gasteiger partial charge is 0.378 e. The number of amides is 1. The van der Waals surface area contributed by atoms with E-state index in [0.29, 0.717) is 23.7 Å². The Morgan fingerprint density at radius 1 is 1.30 bits per heavy atom. The van der Waals surface area contributed by atoms with Crippen molar-refractivity contribution >= 4 is 17.5 Å². The molecule has 0 spiro atoms. The lowest BCUT2D eigenvalue weighted by atomic mass is 10.1. The number of hydrogen-bond donors (Lipinski definition) is 1. The molecule has 0 radical (unpaired) electrons. The Morgan fingerprint density at radius 2 is 1.95 bits per heavy atom. The molecule has 1 saturated heterocycles. The maximum Gasteiger partial charge on any atom is 0.253 e. The van der Waals surface area contributed by atoms with Gasteiger partial charge in [0.05, 0.1) is 6.10 Å². The standard InChI is InChI=1S/C15H21ClN2O2/c16-13-4-2-12(3-5-13)15(19)18-9-6-14(7-10-18)20-11-1-8-17/h2-5,14H,1,6-11,17H2. The van der Waals surface area contributed by atoms with Crippen LogP contribution in [-0.4, -0.2) is 43.2 Å². The molecular formula is C15H21ClN2O2. The second kappa shape index (κ2) is 7.62. The van der Waals surface area contributed by atoms with Gasteiger partial charge in [-0.3, -0.25) is 4.79 Å². The first-order chi connectivity index (χ1) is 9.70. The topological polar surface area (TPSA) is 55.6 Å². The van der Waals surface area contributed by atoms with Crippen LogP contribution < -0.4 is 5.73 Å². The summed E-state index contributed by atoms with van der Waals surface area (Å²) in [7, 11) is 0. The molecule has 0 unspecified atom stereocenters. The molecule has 1 aliphatic rings. The lowest BCUT2D eigenvalue weighted by Gasteiger charge is -2.32. The minimum Gasteiger partial charge on any atom is -0.378 e. The molecule has 1 aromatic carbocycles. The minimum atomic E-state index is 0.0714. The average Bonchev–Trinajstić information content (AvgIpc) is 2.48. The third kappa shape index (κ3) is 4.20. The molecule has 4 nitrogen and oxygen atoms in total. The van der Waals surface area contributed by atoms with E-state index in [9.17, 15) is 4.79 Å². The number of carbonyl (C=O) groups excluding carboxylic acids is 1. The molecule has 0 aromatic heterocycles. The van der Waals surface area contributed by atoms with Crippen molar-refractivity contribution in [3.05, 3.63) is 34.9 Å². The Bertz CT molecular complexity index is 428. The molecule has 1 aliphatic heterocycles. The number of piperidine rings is 1. The van der Waals surface area contributed by atoms with E-state index in [-0.39, 0.29) is 12.0 Å². The highest BCUT2D eigenvalue weighted by molar-refractivity contribution is 6.30. The van der Waals surface area contributed by atoms with Crippen LogP contribution in [-0.2, 0) is 4.74 Å². The van der Waals surface area contributed by atoms with Gasteiger partial charge in [-0.25, -0.2) is 0 Å². The van der Waals surface area contributed by atoms with E-state index in [1.807, 2.05) is 4.90 Å². The predicted molar refractivity (Wildman–Crippen MR) is 80.0 cm³/mol. The van der Waals surface area contributed by atoms with Crippen LogP contribution in [0, 0.1) is 0 Å². The number of benzene rings is 1. The van der Waals surface area contributed by atoms with Gasteiger partial charge in [-0.15, -0.1) is 0 Å². The van der Waals surface area contributed by atoms with Gasteiger partial charge in [-0.1, -0.05) is 11.6 Å². The molecule has 0 atom stereocenters. The van der Waals surface area contributed by atoms with Crippen LogP contribution in [0.4, 0.5) is 0 Å². The van der Waals surface area contributed by atoms with Crippen molar-refractivity contribution in [3.8, 4) is 0 Å². The highest BCUT2D eigenvalue weighted by Crippen LogP contribution is 2.17. The predicted octanol–water partition coefficient (Wildman–Crippen LogP) is 2.31. The van der Waals surface area contributed by atoms with Crippen LogP contribution in [0.25, 0.3) is 0 Å². The van der Waals surface area contributed by atoms with Crippen molar-refractivity contribution in [3.63, 3.8) is 0 Å². The van der Waals surface area contributed by atoms with E-state index in [4.69, 9.17) is 22.1 Å². The van der Waals surface area contributed by atoms with E-state index >= 15 is 0 Å². The normalized spacial score (nSPS) is 16.4. The molecule has 20 heavy (non-hydrogen) atoms. The molecule has 1 fully saturated rings. The van der Waals surface area contributed by atoms with E-state index in [1.54, 1.807) is 24.3 Å². The fourth-order valence-electron chi connectivity index (χ4n) is 2.33. The molecule has 2 N–H and O–H groups in total. The van der Waals surface area contributed by atoms with Crippen LogP contribution in [0.15, 0.2) is 24.3 Å². The quantitative estimate of drug-likeness (QED) is 0.848. The number of carbonyl (C=O) groups is 1. The lowest BCUT2D eigenvalue weighted by molar-refractivity contribution is 0.00845. The second-order valence-corrected chi connectivity index (χ2v) is 5.45. The number of ether oxygens (including phenoxy) is 1. The molecule has 0 aliphatic carbocycles. The van der Waals surface area contributed by atoms with Crippen LogP contribution in [0.5, 0.6) is 0 Å². The molecular weight excluding hydrogens is 276 g/mol. The Hall–Kier alpha value is -1.10. The van der Waals surface area contributed by atoms with Crippen molar-refractivity contribution in [2.45, 2.75) is 25.4 Å². The highest BCUT2D eigenvalue weighted by atomic mass is 35.5. The van der Waals surface area contributed by atoms with Crippen LogP contribution >= 0.6 is 11.6 Å². The molecule has 2 rings (SSSR count).